The van der Waals surface area contributed by atoms with Crippen molar-refractivity contribution in [3.63, 3.8) is 0 Å². The molecule has 8 heteroatoms. The number of anilines is 1. The highest BCUT2D eigenvalue weighted by molar-refractivity contribution is 9.10. The molecular formula is C19H18BrClFN3O2. The fourth-order valence-electron chi connectivity index (χ4n) is 2.90. The molecule has 1 saturated heterocycles. The Kier molecular flexibility index (Phi) is 6.46. The maximum atomic E-state index is 13.8. The van der Waals surface area contributed by atoms with Crippen LogP contribution in [0.3, 0.4) is 0 Å². The molecule has 0 atom stereocenters. The molecule has 2 amide bonds. The van der Waals surface area contributed by atoms with Crippen molar-refractivity contribution in [1.29, 1.82) is 0 Å². The fourth-order valence-corrected chi connectivity index (χ4v) is 3.62. The van der Waals surface area contributed by atoms with E-state index in [-0.39, 0.29) is 23.9 Å². The zero-order chi connectivity index (χ0) is 19.4. The summed E-state index contributed by atoms with van der Waals surface area (Å²) in [6, 6.07) is 11.2. The van der Waals surface area contributed by atoms with Gasteiger partial charge in [0.15, 0.2) is 0 Å². The summed E-state index contributed by atoms with van der Waals surface area (Å²) < 4.78 is 14.6. The summed E-state index contributed by atoms with van der Waals surface area (Å²) in [5.41, 5.74) is 0.631. The molecule has 0 aliphatic carbocycles. The van der Waals surface area contributed by atoms with Crippen LogP contribution in [-0.4, -0.2) is 54.3 Å². The fraction of sp³-hybridized carbons (Fsp3) is 0.263. The topological polar surface area (TPSA) is 52.7 Å². The van der Waals surface area contributed by atoms with Crippen molar-refractivity contribution in [2.45, 2.75) is 0 Å². The Balaban J connectivity index is 1.51. The average molecular weight is 455 g/mol. The summed E-state index contributed by atoms with van der Waals surface area (Å²) in [4.78, 5) is 28.2. The van der Waals surface area contributed by atoms with Gasteiger partial charge in [-0.1, -0.05) is 39.7 Å². The third kappa shape index (κ3) is 5.06. The highest BCUT2D eigenvalue weighted by Gasteiger charge is 2.24. The maximum Gasteiger partial charge on any atom is 0.256 e. The van der Waals surface area contributed by atoms with Crippen molar-refractivity contribution in [1.82, 2.24) is 9.80 Å². The Morgan fingerprint density at radius 2 is 1.81 bits per heavy atom. The Morgan fingerprint density at radius 1 is 1.11 bits per heavy atom. The summed E-state index contributed by atoms with van der Waals surface area (Å²) in [6.45, 7) is 2.18. The lowest BCUT2D eigenvalue weighted by Crippen LogP contribution is -2.50. The summed E-state index contributed by atoms with van der Waals surface area (Å²) >= 11 is 9.43. The molecule has 1 heterocycles. The van der Waals surface area contributed by atoms with E-state index >= 15 is 0 Å². The van der Waals surface area contributed by atoms with Gasteiger partial charge in [-0.15, -0.1) is 0 Å². The number of amides is 2. The van der Waals surface area contributed by atoms with Gasteiger partial charge in [-0.2, -0.15) is 0 Å². The smallest absolute Gasteiger partial charge is 0.256 e. The lowest BCUT2D eigenvalue weighted by molar-refractivity contribution is -0.117. The van der Waals surface area contributed by atoms with Crippen molar-refractivity contribution in [2.75, 3.05) is 38.0 Å². The zero-order valence-electron chi connectivity index (χ0n) is 14.4. The van der Waals surface area contributed by atoms with E-state index in [0.29, 0.717) is 36.9 Å². The van der Waals surface area contributed by atoms with E-state index in [1.807, 2.05) is 4.90 Å². The van der Waals surface area contributed by atoms with Gasteiger partial charge in [-0.3, -0.25) is 14.5 Å². The van der Waals surface area contributed by atoms with Gasteiger partial charge < -0.3 is 10.2 Å². The van der Waals surface area contributed by atoms with Crippen molar-refractivity contribution >= 4 is 45.0 Å². The standard InChI is InChI=1S/C19H18BrClFN3O2/c20-13-5-6-17(15(21)11-13)23-18(26)12-24-7-9-25(10-8-24)19(27)14-3-1-2-4-16(14)22/h1-6,11H,7-10,12H2,(H,23,26). The van der Waals surface area contributed by atoms with Gasteiger partial charge in [-0.25, -0.2) is 4.39 Å². The SMILES string of the molecule is O=C(CN1CCN(C(=O)c2ccccc2F)CC1)Nc1ccc(Br)cc1Cl. The van der Waals surface area contributed by atoms with E-state index in [1.165, 1.54) is 12.1 Å². The van der Waals surface area contributed by atoms with Crippen molar-refractivity contribution in [3.8, 4) is 0 Å². The quantitative estimate of drug-likeness (QED) is 0.767. The minimum absolute atomic E-state index is 0.0774. The first-order chi connectivity index (χ1) is 12.9. The minimum Gasteiger partial charge on any atom is -0.336 e. The number of halogens is 3. The van der Waals surface area contributed by atoms with Crippen LogP contribution in [0.5, 0.6) is 0 Å². The number of carbonyl (C=O) groups excluding carboxylic acids is 2. The zero-order valence-corrected chi connectivity index (χ0v) is 16.8. The Hall–Kier alpha value is -1.96. The van der Waals surface area contributed by atoms with Gasteiger partial charge in [-0.05, 0) is 30.3 Å². The van der Waals surface area contributed by atoms with Gasteiger partial charge >= 0.3 is 0 Å². The van der Waals surface area contributed by atoms with E-state index in [1.54, 1.807) is 35.2 Å². The van der Waals surface area contributed by atoms with Crippen LogP contribution < -0.4 is 5.32 Å². The van der Waals surface area contributed by atoms with Crippen molar-refractivity contribution < 1.29 is 14.0 Å². The van der Waals surface area contributed by atoms with Gasteiger partial charge in [0.1, 0.15) is 5.82 Å². The van der Waals surface area contributed by atoms with E-state index < -0.39 is 5.82 Å². The molecule has 0 spiro atoms. The second-order valence-corrected chi connectivity index (χ2v) is 7.54. The van der Waals surface area contributed by atoms with Crippen LogP contribution in [-0.2, 0) is 4.79 Å². The summed E-state index contributed by atoms with van der Waals surface area (Å²) in [5.74, 6) is -1.01. The number of rotatable bonds is 4. The summed E-state index contributed by atoms with van der Waals surface area (Å²) in [7, 11) is 0. The monoisotopic (exact) mass is 453 g/mol. The molecule has 0 aromatic heterocycles. The molecule has 27 heavy (non-hydrogen) atoms. The number of nitrogens with zero attached hydrogens (tertiary/aromatic N) is 2. The highest BCUT2D eigenvalue weighted by Crippen LogP contribution is 2.25. The highest BCUT2D eigenvalue weighted by atomic mass is 79.9. The van der Waals surface area contributed by atoms with Crippen molar-refractivity contribution in [3.05, 3.63) is 63.3 Å². The van der Waals surface area contributed by atoms with Crippen LogP contribution in [0.1, 0.15) is 10.4 Å². The summed E-state index contributed by atoms with van der Waals surface area (Å²) in [6.07, 6.45) is 0. The lowest BCUT2D eigenvalue weighted by Gasteiger charge is -2.34. The number of carbonyl (C=O) groups is 2. The van der Waals surface area contributed by atoms with Crippen LogP contribution in [0.2, 0.25) is 5.02 Å². The average Bonchev–Trinajstić information content (AvgIpc) is 2.64. The third-order valence-corrected chi connectivity index (χ3v) is 5.14. The molecule has 2 aromatic carbocycles. The van der Waals surface area contributed by atoms with Crippen LogP contribution in [0.15, 0.2) is 46.9 Å². The largest absolute Gasteiger partial charge is 0.336 e. The number of benzene rings is 2. The Morgan fingerprint density at radius 3 is 2.48 bits per heavy atom. The molecule has 1 aliphatic heterocycles. The van der Waals surface area contributed by atoms with Gasteiger partial charge in [0, 0.05) is 30.7 Å². The number of piperazine rings is 1. The first-order valence-corrected chi connectivity index (χ1v) is 9.62. The van der Waals surface area contributed by atoms with E-state index in [2.05, 4.69) is 21.2 Å². The lowest BCUT2D eigenvalue weighted by atomic mass is 10.1. The van der Waals surface area contributed by atoms with Crippen LogP contribution in [0.4, 0.5) is 10.1 Å². The minimum atomic E-state index is -0.518. The Labute approximate surface area is 170 Å². The first kappa shape index (κ1) is 19.8. The third-order valence-electron chi connectivity index (χ3n) is 4.34. The van der Waals surface area contributed by atoms with Crippen LogP contribution in [0, 0.1) is 5.82 Å². The molecule has 3 rings (SSSR count). The Bertz CT molecular complexity index is 857. The molecule has 5 nitrogen and oxygen atoms in total. The predicted molar refractivity (Wildman–Crippen MR) is 107 cm³/mol. The predicted octanol–water partition coefficient (Wildman–Crippen LogP) is 3.64. The molecule has 1 aliphatic rings. The maximum absolute atomic E-state index is 13.8. The molecule has 0 bridgehead atoms. The molecule has 0 radical (unpaired) electrons. The number of hydrogen-bond donors (Lipinski definition) is 1. The number of nitrogens with one attached hydrogen (secondary N) is 1. The molecule has 1 fully saturated rings. The molecule has 142 valence electrons. The number of hydrogen-bond acceptors (Lipinski definition) is 3. The second-order valence-electron chi connectivity index (χ2n) is 6.22. The van der Waals surface area contributed by atoms with Gasteiger partial charge in [0.05, 0.1) is 22.8 Å². The molecule has 1 N–H and O–H groups in total. The van der Waals surface area contributed by atoms with E-state index in [9.17, 15) is 14.0 Å². The molecule has 0 saturated carbocycles. The normalized spacial score (nSPS) is 14.9. The molecular weight excluding hydrogens is 437 g/mol. The molecule has 2 aromatic rings. The summed E-state index contributed by atoms with van der Waals surface area (Å²) in [5, 5.41) is 3.25. The van der Waals surface area contributed by atoms with Gasteiger partial charge in [0.25, 0.3) is 5.91 Å². The molecule has 0 unspecified atom stereocenters. The second kappa shape index (κ2) is 8.82. The van der Waals surface area contributed by atoms with Gasteiger partial charge in [0.2, 0.25) is 5.91 Å². The first-order valence-electron chi connectivity index (χ1n) is 8.45. The van der Waals surface area contributed by atoms with Crippen LogP contribution >= 0.6 is 27.5 Å². The van der Waals surface area contributed by atoms with E-state index in [0.717, 1.165) is 4.47 Å². The van der Waals surface area contributed by atoms with Crippen molar-refractivity contribution in [2.24, 2.45) is 0 Å². The van der Waals surface area contributed by atoms with E-state index in [4.69, 9.17) is 11.6 Å². The van der Waals surface area contributed by atoms with Crippen LogP contribution in [0.25, 0.3) is 0 Å².